The summed E-state index contributed by atoms with van der Waals surface area (Å²) in [5.41, 5.74) is 2.36. The van der Waals surface area contributed by atoms with E-state index in [2.05, 4.69) is 36.1 Å². The lowest BCUT2D eigenvalue weighted by atomic mass is 9.94. The van der Waals surface area contributed by atoms with Crippen molar-refractivity contribution in [3.8, 4) is 0 Å². The van der Waals surface area contributed by atoms with Crippen LogP contribution in [-0.2, 0) is 11.0 Å². The Labute approximate surface area is 181 Å². The third-order valence-corrected chi connectivity index (χ3v) is 6.37. The van der Waals surface area contributed by atoms with E-state index in [4.69, 9.17) is 0 Å². The number of alkyl halides is 3. The number of anilines is 2. The first-order chi connectivity index (χ1) is 14.8. The van der Waals surface area contributed by atoms with Gasteiger partial charge in [-0.25, -0.2) is 0 Å². The number of piperidine rings is 1. The van der Waals surface area contributed by atoms with Crippen molar-refractivity contribution < 1.29 is 18.0 Å². The molecule has 2 aliphatic heterocycles. The fourth-order valence-corrected chi connectivity index (χ4v) is 4.46. The average Bonchev–Trinajstić information content (AvgIpc) is 2.79. The molecule has 2 fully saturated rings. The van der Waals surface area contributed by atoms with Crippen molar-refractivity contribution >= 4 is 17.3 Å². The standard InChI is InChI=1S/C24H28F3N3O/c1-18-5-7-21(8-6-18)28-11-9-19(10-12-28)23(31)30-15-13-29(14-16-30)22-4-2-3-20(17-22)24(25,26)27/h2-8,17,19H,9-16H2,1H3. The summed E-state index contributed by atoms with van der Waals surface area (Å²) in [7, 11) is 0. The Bertz CT molecular complexity index is 897. The monoisotopic (exact) mass is 431 g/mol. The number of rotatable bonds is 3. The second-order valence-electron chi connectivity index (χ2n) is 8.46. The van der Waals surface area contributed by atoms with E-state index in [1.54, 1.807) is 6.07 Å². The molecule has 1 amide bonds. The minimum absolute atomic E-state index is 0.0294. The summed E-state index contributed by atoms with van der Waals surface area (Å²) in [5.74, 6) is 0.217. The van der Waals surface area contributed by atoms with E-state index < -0.39 is 11.7 Å². The average molecular weight is 432 g/mol. The summed E-state index contributed by atoms with van der Waals surface area (Å²) >= 11 is 0. The molecule has 2 saturated heterocycles. The van der Waals surface area contributed by atoms with E-state index >= 15 is 0 Å². The van der Waals surface area contributed by atoms with E-state index in [0.29, 0.717) is 31.9 Å². The number of carbonyl (C=O) groups excluding carboxylic acids is 1. The van der Waals surface area contributed by atoms with Gasteiger partial charge < -0.3 is 14.7 Å². The number of piperazine rings is 1. The Morgan fingerprint density at radius 3 is 2.06 bits per heavy atom. The maximum absolute atomic E-state index is 13.0. The highest BCUT2D eigenvalue weighted by atomic mass is 19.4. The van der Waals surface area contributed by atoms with Crippen molar-refractivity contribution in [2.45, 2.75) is 25.9 Å². The lowest BCUT2D eigenvalue weighted by molar-refractivity contribution is -0.137. The van der Waals surface area contributed by atoms with Crippen molar-refractivity contribution in [2.75, 3.05) is 49.1 Å². The van der Waals surface area contributed by atoms with Crippen LogP contribution in [0, 0.1) is 12.8 Å². The van der Waals surface area contributed by atoms with Crippen molar-refractivity contribution in [3.05, 3.63) is 59.7 Å². The Morgan fingerprint density at radius 2 is 1.45 bits per heavy atom. The van der Waals surface area contributed by atoms with Gasteiger partial charge in [0.25, 0.3) is 0 Å². The molecule has 2 heterocycles. The maximum atomic E-state index is 13.0. The van der Waals surface area contributed by atoms with Crippen molar-refractivity contribution in [1.29, 1.82) is 0 Å². The molecular weight excluding hydrogens is 403 g/mol. The van der Waals surface area contributed by atoms with Crippen LogP contribution in [0.4, 0.5) is 24.5 Å². The first-order valence-corrected chi connectivity index (χ1v) is 10.8. The van der Waals surface area contributed by atoms with Crippen LogP contribution >= 0.6 is 0 Å². The highest BCUT2D eigenvalue weighted by Crippen LogP contribution is 2.32. The smallest absolute Gasteiger partial charge is 0.371 e. The largest absolute Gasteiger partial charge is 0.416 e. The van der Waals surface area contributed by atoms with Crippen molar-refractivity contribution in [2.24, 2.45) is 5.92 Å². The van der Waals surface area contributed by atoms with Gasteiger partial charge in [-0.05, 0) is 50.1 Å². The summed E-state index contributed by atoms with van der Waals surface area (Å²) in [4.78, 5) is 19.2. The van der Waals surface area contributed by atoms with Crippen LogP contribution in [-0.4, -0.2) is 50.1 Å². The summed E-state index contributed by atoms with van der Waals surface area (Å²) < 4.78 is 39.0. The van der Waals surface area contributed by atoms with E-state index in [-0.39, 0.29) is 11.8 Å². The van der Waals surface area contributed by atoms with Crippen LogP contribution in [0.2, 0.25) is 0 Å². The van der Waals surface area contributed by atoms with Gasteiger partial charge in [-0.3, -0.25) is 4.79 Å². The highest BCUT2D eigenvalue weighted by molar-refractivity contribution is 5.79. The molecule has 4 rings (SSSR count). The topological polar surface area (TPSA) is 26.8 Å². The molecule has 166 valence electrons. The molecular formula is C24H28F3N3O. The molecule has 0 radical (unpaired) electrons. The Hall–Kier alpha value is -2.70. The number of carbonyl (C=O) groups is 1. The first-order valence-electron chi connectivity index (χ1n) is 10.8. The molecule has 7 heteroatoms. The molecule has 2 aliphatic rings. The molecule has 0 aliphatic carbocycles. The van der Waals surface area contributed by atoms with Gasteiger partial charge in [-0.15, -0.1) is 0 Å². The molecule has 0 N–H and O–H groups in total. The maximum Gasteiger partial charge on any atom is 0.416 e. The van der Waals surface area contributed by atoms with E-state index in [0.717, 1.165) is 32.0 Å². The molecule has 4 nitrogen and oxygen atoms in total. The van der Waals surface area contributed by atoms with Gasteiger partial charge in [0.2, 0.25) is 5.91 Å². The van der Waals surface area contributed by atoms with Crippen molar-refractivity contribution in [3.63, 3.8) is 0 Å². The van der Waals surface area contributed by atoms with Crippen molar-refractivity contribution in [1.82, 2.24) is 4.90 Å². The first kappa shape index (κ1) is 21.5. The normalized spacial score (nSPS) is 18.4. The number of benzene rings is 2. The third kappa shape index (κ3) is 4.97. The quantitative estimate of drug-likeness (QED) is 0.712. The summed E-state index contributed by atoms with van der Waals surface area (Å²) in [5, 5.41) is 0. The Kier molecular flexibility index (Phi) is 6.12. The van der Waals surface area contributed by atoms with Crippen LogP contribution in [0.3, 0.4) is 0 Å². The minimum atomic E-state index is -4.35. The van der Waals surface area contributed by atoms with E-state index in [9.17, 15) is 18.0 Å². The van der Waals surface area contributed by atoms with Gasteiger partial charge in [-0.2, -0.15) is 13.2 Å². The lowest BCUT2D eigenvalue weighted by Gasteiger charge is -2.40. The fraction of sp³-hybridized carbons (Fsp3) is 0.458. The molecule has 2 aromatic rings. The zero-order valence-electron chi connectivity index (χ0n) is 17.7. The zero-order valence-corrected chi connectivity index (χ0v) is 17.7. The van der Waals surface area contributed by atoms with Crippen LogP contribution in [0.25, 0.3) is 0 Å². The summed E-state index contributed by atoms with van der Waals surface area (Å²) in [6.07, 6.45) is -2.68. The SMILES string of the molecule is Cc1ccc(N2CCC(C(=O)N3CCN(c4cccc(C(F)(F)F)c4)CC3)CC2)cc1. The number of nitrogens with zero attached hydrogens (tertiary/aromatic N) is 3. The molecule has 0 unspecified atom stereocenters. The second-order valence-corrected chi connectivity index (χ2v) is 8.46. The van der Waals surface area contributed by atoms with Crippen LogP contribution in [0.15, 0.2) is 48.5 Å². The minimum Gasteiger partial charge on any atom is -0.371 e. The Balaban J connectivity index is 1.29. The second kappa shape index (κ2) is 8.81. The molecule has 0 bridgehead atoms. The summed E-state index contributed by atoms with van der Waals surface area (Å²) in [6.45, 7) is 6.00. The number of hydrogen-bond acceptors (Lipinski definition) is 3. The summed E-state index contributed by atoms with van der Waals surface area (Å²) in [6, 6.07) is 13.9. The van der Waals surface area contributed by atoms with Gasteiger partial charge in [0.1, 0.15) is 0 Å². The molecule has 0 saturated carbocycles. The predicted octanol–water partition coefficient (Wildman–Crippen LogP) is 4.58. The number of aryl methyl sites for hydroxylation is 1. The van der Waals surface area contributed by atoms with E-state index in [1.807, 2.05) is 9.80 Å². The van der Waals surface area contributed by atoms with Gasteiger partial charge in [-0.1, -0.05) is 23.8 Å². The van der Waals surface area contributed by atoms with E-state index in [1.165, 1.54) is 23.4 Å². The van der Waals surface area contributed by atoms with Crippen LogP contribution in [0.5, 0.6) is 0 Å². The Morgan fingerprint density at radius 1 is 0.839 bits per heavy atom. The highest BCUT2D eigenvalue weighted by Gasteiger charge is 2.33. The van der Waals surface area contributed by atoms with Gasteiger partial charge in [0.15, 0.2) is 0 Å². The lowest BCUT2D eigenvalue weighted by Crippen LogP contribution is -2.51. The molecule has 2 aromatic carbocycles. The zero-order chi connectivity index (χ0) is 22.0. The molecule has 0 aromatic heterocycles. The molecule has 0 spiro atoms. The third-order valence-electron chi connectivity index (χ3n) is 6.37. The van der Waals surface area contributed by atoms with Gasteiger partial charge in [0, 0.05) is 56.6 Å². The fourth-order valence-electron chi connectivity index (χ4n) is 4.46. The van der Waals surface area contributed by atoms with Gasteiger partial charge >= 0.3 is 6.18 Å². The number of hydrogen-bond donors (Lipinski definition) is 0. The molecule has 0 atom stereocenters. The number of amides is 1. The molecule has 31 heavy (non-hydrogen) atoms. The van der Waals surface area contributed by atoms with Crippen LogP contribution in [0.1, 0.15) is 24.0 Å². The number of halogens is 3. The predicted molar refractivity (Wildman–Crippen MR) is 116 cm³/mol. The van der Waals surface area contributed by atoms with Crippen LogP contribution < -0.4 is 9.80 Å². The van der Waals surface area contributed by atoms with Gasteiger partial charge in [0.05, 0.1) is 5.56 Å².